The summed E-state index contributed by atoms with van der Waals surface area (Å²) in [5.74, 6) is -6.45. The molecule has 0 saturated carbocycles. The van der Waals surface area contributed by atoms with Crippen molar-refractivity contribution < 1.29 is 58.1 Å². The first-order valence-electron chi connectivity index (χ1n) is 31.0. The molecule has 1 heterocycles. The maximum Gasteiger partial charge on any atom is 0.331 e. The Morgan fingerprint density at radius 3 is 1.96 bits per heavy atom. The normalized spacial score (nSPS) is 16.1. The Morgan fingerprint density at radius 1 is 0.717 bits per heavy atom. The van der Waals surface area contributed by atoms with Crippen LogP contribution in [0.4, 0.5) is 17.1 Å². The Hall–Kier alpha value is -8.83. The Morgan fingerprint density at radius 2 is 1.36 bits per heavy atom. The molecule has 1 aliphatic heterocycles. The van der Waals surface area contributed by atoms with E-state index >= 15 is 0 Å². The first kappa shape index (κ1) is 73.9. The number of carbonyl (C=O) groups is 9. The molecule has 0 bridgehead atoms. The fraction of sp³-hybridized carbons (Fsp3) is 0.493. The summed E-state index contributed by atoms with van der Waals surface area (Å²) < 4.78 is 5.78. The molecule has 498 valence electrons. The maximum atomic E-state index is 14.3. The monoisotopic (exact) mass is 1270 g/mol. The number of likely N-dealkylation sites (N-methyl/N-ethyl adjacent to an activating group) is 2. The highest BCUT2D eigenvalue weighted by molar-refractivity contribution is 6.00. The quantitative estimate of drug-likeness (QED) is 0.0190. The van der Waals surface area contributed by atoms with Crippen molar-refractivity contribution >= 4 is 70.4 Å². The minimum atomic E-state index is -1.35. The van der Waals surface area contributed by atoms with Crippen molar-refractivity contribution in [1.82, 2.24) is 26.2 Å². The van der Waals surface area contributed by atoms with Gasteiger partial charge in [0.15, 0.2) is 6.61 Å². The number of carboxylic acids is 2. The third kappa shape index (κ3) is 20.6. The highest BCUT2D eigenvalue weighted by Crippen LogP contribution is 2.41. The van der Waals surface area contributed by atoms with Crippen molar-refractivity contribution in [1.29, 1.82) is 0 Å². The van der Waals surface area contributed by atoms with Gasteiger partial charge in [0.05, 0.1) is 31.2 Å². The third-order valence-electron chi connectivity index (χ3n) is 16.1. The molecule has 0 saturated heterocycles. The van der Waals surface area contributed by atoms with Crippen molar-refractivity contribution in [2.24, 2.45) is 38.6 Å². The van der Waals surface area contributed by atoms with Crippen molar-refractivity contribution in [3.8, 4) is 5.75 Å². The Kier molecular flexibility index (Phi) is 26.1. The van der Waals surface area contributed by atoms with Crippen LogP contribution in [0.1, 0.15) is 150 Å². The summed E-state index contributed by atoms with van der Waals surface area (Å²) in [6, 6.07) is 21.8. The first-order valence-corrected chi connectivity index (χ1v) is 31.0. The molecule has 0 spiro atoms. The summed E-state index contributed by atoms with van der Waals surface area (Å²) in [6.07, 6.45) is 0.271. The number of hydrogen-bond acceptors (Lipinski definition) is 14. The van der Waals surface area contributed by atoms with Gasteiger partial charge in [0, 0.05) is 59.9 Å². The molecule has 0 aromatic heterocycles. The zero-order chi connectivity index (χ0) is 68.6. The lowest BCUT2D eigenvalue weighted by Crippen LogP contribution is -2.61. The van der Waals surface area contributed by atoms with Gasteiger partial charge in [-0.3, -0.25) is 38.4 Å². The molecule has 92 heavy (non-hydrogen) atoms. The topological polar surface area (TPSA) is 333 Å². The Balaban J connectivity index is 1.19. The molecule has 0 radical (unpaired) electrons. The molecular formula is C69H95N11O12. The highest BCUT2D eigenvalue weighted by atomic mass is 16.5. The van der Waals surface area contributed by atoms with Crippen LogP contribution in [-0.2, 0) is 55.1 Å². The molecule has 0 aliphatic carbocycles. The lowest BCUT2D eigenvalue weighted by Gasteiger charge is -2.40. The number of nitrogens with one attached hydrogen (secondary N) is 6. The number of carbonyl (C=O) groups excluding carboxylic acids is 7. The van der Waals surface area contributed by atoms with E-state index in [9.17, 15) is 53.4 Å². The number of azo groups is 1. The van der Waals surface area contributed by atoms with Crippen molar-refractivity contribution in [3.63, 3.8) is 0 Å². The standard InChI is InChI=1S/C69H95N11O12/c1-40(2)52(35-42(5)66(90)91)79(15)65(89)61(68(9,10)11)77-64(88)60(71-14)69(12,13)44-22-20-23-46(36-44)73-54(82)38-92-47-29-27-45(28-30-47)74-62(86)50(31-34-56(84)85)75-63(87)58(41(3)4)76-53(81)32-33-55(83)80-37-43-21-16-17-24-48(43)57(70)59(78-72-39-67(6,7)8)49-25-18-19-26-51(49)80/h16-30,35-36,40-41,50,52,57-61,71H,31-34,37-39,70H2,1-15H3,(H,73,82)(H,74,86)(H,75,87)(H,76,81)(H,77,88)(H,84,85)(H,90,91)/b42-35+,78-72?/t50-,52-,57?,58-,59?,60+,61+/m0/s1. The van der Waals surface area contributed by atoms with Crippen LogP contribution in [0.25, 0.3) is 0 Å². The molecule has 10 N–H and O–H groups in total. The van der Waals surface area contributed by atoms with Crippen molar-refractivity contribution in [2.75, 3.05) is 42.8 Å². The van der Waals surface area contributed by atoms with Crippen LogP contribution >= 0.6 is 0 Å². The molecule has 5 rings (SSSR count). The predicted octanol–water partition coefficient (Wildman–Crippen LogP) is 8.61. The van der Waals surface area contributed by atoms with E-state index in [2.05, 4.69) is 57.8 Å². The number of ether oxygens (including phenoxy) is 1. The van der Waals surface area contributed by atoms with Crippen LogP contribution < -0.4 is 47.3 Å². The van der Waals surface area contributed by atoms with Gasteiger partial charge in [-0.25, -0.2) is 4.79 Å². The fourth-order valence-corrected chi connectivity index (χ4v) is 10.7. The molecule has 0 fully saturated rings. The number of para-hydroxylation sites is 1. The number of anilines is 3. The predicted molar refractivity (Wildman–Crippen MR) is 353 cm³/mol. The maximum absolute atomic E-state index is 14.3. The molecule has 1 aliphatic rings. The Labute approximate surface area is 540 Å². The number of hydrogen-bond donors (Lipinski definition) is 9. The van der Waals surface area contributed by atoms with Gasteiger partial charge in [-0.15, -0.1) is 0 Å². The van der Waals surface area contributed by atoms with Gasteiger partial charge in [-0.1, -0.05) is 144 Å². The number of nitrogens with zero attached hydrogens (tertiary/aromatic N) is 4. The lowest BCUT2D eigenvalue weighted by molar-refractivity contribution is -0.141. The minimum Gasteiger partial charge on any atom is -0.484 e. The van der Waals surface area contributed by atoms with E-state index in [1.807, 2.05) is 103 Å². The summed E-state index contributed by atoms with van der Waals surface area (Å²) in [5, 5.41) is 45.4. The number of benzene rings is 4. The fourth-order valence-electron chi connectivity index (χ4n) is 10.7. The number of nitrogens with two attached hydrogens (primary N) is 1. The van der Waals surface area contributed by atoms with Gasteiger partial charge >= 0.3 is 11.9 Å². The minimum absolute atomic E-state index is 0.0955. The van der Waals surface area contributed by atoms with Crippen molar-refractivity contribution in [2.45, 2.75) is 170 Å². The van der Waals surface area contributed by atoms with E-state index in [0.29, 0.717) is 29.0 Å². The smallest absolute Gasteiger partial charge is 0.331 e. The molecule has 23 heteroatoms. The molecule has 7 amide bonds. The van der Waals surface area contributed by atoms with Crippen LogP contribution in [0.2, 0.25) is 0 Å². The second kappa shape index (κ2) is 32.4. The number of rotatable bonds is 28. The van der Waals surface area contributed by atoms with Crippen LogP contribution in [0.5, 0.6) is 5.75 Å². The van der Waals surface area contributed by atoms with Crippen LogP contribution in [0, 0.1) is 22.7 Å². The molecule has 4 aromatic carbocycles. The zero-order valence-corrected chi connectivity index (χ0v) is 55.8. The van der Waals surface area contributed by atoms with Gasteiger partial charge < -0.3 is 62.4 Å². The summed E-state index contributed by atoms with van der Waals surface area (Å²) in [7, 11) is 3.23. The van der Waals surface area contributed by atoms with Gasteiger partial charge in [0.2, 0.25) is 35.4 Å². The van der Waals surface area contributed by atoms with E-state index in [1.165, 1.54) is 36.1 Å². The molecule has 4 aromatic rings. The van der Waals surface area contributed by atoms with Gasteiger partial charge in [0.1, 0.15) is 29.9 Å². The number of amides is 7. The average Bonchev–Trinajstić information content (AvgIpc) is 0.797. The van der Waals surface area contributed by atoms with Crippen LogP contribution in [-0.4, -0.2) is 126 Å². The van der Waals surface area contributed by atoms with E-state index < -0.39 is 114 Å². The molecular weight excluding hydrogens is 1170 g/mol. The van der Waals surface area contributed by atoms with E-state index in [1.54, 1.807) is 57.1 Å². The summed E-state index contributed by atoms with van der Waals surface area (Å²) in [5.41, 5.74) is 9.51. The van der Waals surface area contributed by atoms with Crippen LogP contribution in [0.15, 0.2) is 119 Å². The average molecular weight is 1270 g/mol. The second-order valence-electron chi connectivity index (χ2n) is 27.0. The van der Waals surface area contributed by atoms with Gasteiger partial charge in [-0.2, -0.15) is 10.2 Å². The SMILES string of the molecule is CN[C@H](C(=O)N[C@H](C(=O)N(C)[C@@H](/C=C(\C)C(=O)O)C(C)C)C(C)(C)C)C(C)(C)c1cccc(NC(=O)COc2ccc(NC(=O)[C@H](CCC(=O)O)NC(=O)[C@@H](NC(=O)CCC(=O)N3Cc4ccccc4C(N)C(N=NCC(C)(C)C)c4ccccc43)C(C)C)cc2)c1. The molecule has 2 unspecified atom stereocenters. The molecule has 23 nitrogen and oxygen atoms in total. The lowest BCUT2D eigenvalue weighted by atomic mass is 9.76. The van der Waals surface area contributed by atoms with E-state index in [-0.39, 0.29) is 66.0 Å². The van der Waals surface area contributed by atoms with Crippen LogP contribution in [0.3, 0.4) is 0 Å². The van der Waals surface area contributed by atoms with Gasteiger partial charge in [-0.05, 0) is 102 Å². The zero-order valence-electron chi connectivity index (χ0n) is 55.8. The third-order valence-corrected chi connectivity index (χ3v) is 16.1. The Bertz CT molecular complexity index is 3350. The second-order valence-corrected chi connectivity index (χ2v) is 27.0. The molecule has 7 atom stereocenters. The largest absolute Gasteiger partial charge is 0.484 e. The summed E-state index contributed by atoms with van der Waals surface area (Å²) in [4.78, 5) is 124. The highest BCUT2D eigenvalue weighted by Gasteiger charge is 2.42. The van der Waals surface area contributed by atoms with Gasteiger partial charge in [0.25, 0.3) is 5.91 Å². The number of carboxylic acid groups (broad SMARTS) is 2. The number of aliphatic carboxylic acids is 2. The van der Waals surface area contributed by atoms with E-state index in [0.717, 1.165) is 11.1 Å². The summed E-state index contributed by atoms with van der Waals surface area (Å²) >= 11 is 0. The van der Waals surface area contributed by atoms with Crippen molar-refractivity contribution in [3.05, 3.63) is 131 Å². The number of fused-ring (bicyclic) bond motifs is 2. The van der Waals surface area contributed by atoms with E-state index in [4.69, 9.17) is 15.6 Å². The first-order chi connectivity index (χ1) is 43.0. The summed E-state index contributed by atoms with van der Waals surface area (Å²) in [6.45, 7) is 24.2.